The third-order valence-electron chi connectivity index (χ3n) is 3.12. The van der Waals surface area contributed by atoms with Crippen molar-refractivity contribution < 1.29 is 31.5 Å². The molecule has 0 heterocycles. The molecule has 0 atom stereocenters. The number of ether oxygens (including phenoxy) is 1. The molecule has 0 saturated carbocycles. The van der Waals surface area contributed by atoms with Crippen LogP contribution in [0.25, 0.3) is 11.1 Å². The second kappa shape index (κ2) is 5.86. The van der Waals surface area contributed by atoms with Crippen LogP contribution in [0.15, 0.2) is 30.3 Å². The van der Waals surface area contributed by atoms with Gasteiger partial charge >= 0.3 is 12.1 Å². The van der Waals surface area contributed by atoms with Gasteiger partial charge < -0.3 is 10.5 Å². The predicted octanol–water partition coefficient (Wildman–Crippen LogP) is 4.02. The number of esters is 1. The molecule has 2 rings (SSSR count). The molecule has 0 aliphatic heterocycles. The Morgan fingerprint density at radius 2 is 1.74 bits per heavy atom. The van der Waals surface area contributed by atoms with E-state index >= 15 is 0 Å². The number of benzene rings is 2. The fourth-order valence-electron chi connectivity index (χ4n) is 2.07. The molecule has 0 aromatic heterocycles. The summed E-state index contributed by atoms with van der Waals surface area (Å²) in [6.07, 6.45) is -4.88. The first kappa shape index (κ1) is 16.7. The molecule has 2 aromatic rings. The van der Waals surface area contributed by atoms with Crippen LogP contribution in [0.3, 0.4) is 0 Å². The minimum atomic E-state index is -4.88. The maximum Gasteiger partial charge on any atom is 0.417 e. The molecule has 0 amide bonds. The van der Waals surface area contributed by atoms with Crippen LogP contribution >= 0.6 is 0 Å². The highest BCUT2D eigenvalue weighted by molar-refractivity contribution is 5.97. The molecule has 0 bridgehead atoms. The molecular formula is C15H10F5NO2. The summed E-state index contributed by atoms with van der Waals surface area (Å²) < 4.78 is 70.8. The first-order valence-corrected chi connectivity index (χ1v) is 6.19. The maximum atomic E-state index is 13.8. The predicted molar refractivity (Wildman–Crippen MR) is 72.5 cm³/mol. The Morgan fingerprint density at radius 1 is 1.09 bits per heavy atom. The molecule has 2 aromatic carbocycles. The topological polar surface area (TPSA) is 52.3 Å². The third kappa shape index (κ3) is 3.25. The van der Waals surface area contributed by atoms with Crippen LogP contribution in [0.1, 0.15) is 15.9 Å². The number of rotatable bonds is 2. The Hall–Kier alpha value is -2.64. The smallest absolute Gasteiger partial charge is 0.417 e. The van der Waals surface area contributed by atoms with Gasteiger partial charge in [-0.25, -0.2) is 13.6 Å². The molecule has 0 saturated heterocycles. The van der Waals surface area contributed by atoms with Crippen LogP contribution in [0.4, 0.5) is 27.6 Å². The molecular weight excluding hydrogens is 321 g/mol. The van der Waals surface area contributed by atoms with Gasteiger partial charge in [-0.05, 0) is 29.8 Å². The van der Waals surface area contributed by atoms with Gasteiger partial charge in [0, 0.05) is 17.3 Å². The number of hydrogen-bond donors (Lipinski definition) is 1. The largest absolute Gasteiger partial charge is 0.465 e. The van der Waals surface area contributed by atoms with Crippen molar-refractivity contribution in [2.45, 2.75) is 6.18 Å². The van der Waals surface area contributed by atoms with Crippen molar-refractivity contribution in [3.8, 4) is 11.1 Å². The van der Waals surface area contributed by atoms with Gasteiger partial charge in [0.25, 0.3) is 0 Å². The average molecular weight is 331 g/mol. The zero-order chi connectivity index (χ0) is 17.4. The Balaban J connectivity index is 2.77. The minimum absolute atomic E-state index is 0.316. The van der Waals surface area contributed by atoms with Crippen LogP contribution in [0, 0.1) is 11.6 Å². The van der Waals surface area contributed by atoms with Crippen molar-refractivity contribution in [1.29, 1.82) is 0 Å². The minimum Gasteiger partial charge on any atom is -0.465 e. The van der Waals surface area contributed by atoms with Gasteiger partial charge in [-0.1, -0.05) is 0 Å². The molecule has 0 unspecified atom stereocenters. The number of carbonyl (C=O) groups excluding carboxylic acids is 1. The lowest BCUT2D eigenvalue weighted by Crippen LogP contribution is -2.13. The summed E-state index contributed by atoms with van der Waals surface area (Å²) in [4.78, 5) is 11.5. The fraction of sp³-hybridized carbons (Fsp3) is 0.133. The Morgan fingerprint density at radius 3 is 2.26 bits per heavy atom. The summed E-state index contributed by atoms with van der Waals surface area (Å²) in [5.41, 5.74) is 2.39. The first-order valence-electron chi connectivity index (χ1n) is 6.19. The number of nitrogen functional groups attached to an aromatic ring is 1. The van der Waals surface area contributed by atoms with Crippen LogP contribution in [-0.2, 0) is 10.9 Å². The highest BCUT2D eigenvalue weighted by Gasteiger charge is 2.36. The van der Waals surface area contributed by atoms with E-state index in [1.165, 1.54) is 0 Å². The summed E-state index contributed by atoms with van der Waals surface area (Å²) in [5, 5.41) is 0. The molecule has 0 aliphatic carbocycles. The fourth-order valence-corrected chi connectivity index (χ4v) is 2.07. The van der Waals surface area contributed by atoms with Gasteiger partial charge in [-0.2, -0.15) is 13.2 Å². The van der Waals surface area contributed by atoms with E-state index in [1.54, 1.807) is 0 Å². The number of anilines is 1. The first-order chi connectivity index (χ1) is 10.6. The highest BCUT2D eigenvalue weighted by atomic mass is 19.4. The number of hydrogen-bond acceptors (Lipinski definition) is 3. The molecule has 0 spiro atoms. The van der Waals surface area contributed by atoms with Crippen molar-refractivity contribution in [2.24, 2.45) is 0 Å². The van der Waals surface area contributed by atoms with E-state index in [4.69, 9.17) is 5.73 Å². The van der Waals surface area contributed by atoms with Crippen molar-refractivity contribution in [2.75, 3.05) is 12.8 Å². The number of carbonyl (C=O) groups is 1. The van der Waals surface area contributed by atoms with Crippen LogP contribution in [-0.4, -0.2) is 13.1 Å². The molecule has 23 heavy (non-hydrogen) atoms. The molecule has 0 aliphatic rings. The second-order valence-corrected chi connectivity index (χ2v) is 4.60. The molecule has 122 valence electrons. The zero-order valence-corrected chi connectivity index (χ0v) is 11.7. The van der Waals surface area contributed by atoms with Crippen LogP contribution in [0.2, 0.25) is 0 Å². The Kier molecular flexibility index (Phi) is 4.26. The van der Waals surface area contributed by atoms with Gasteiger partial charge in [-0.3, -0.25) is 0 Å². The quantitative estimate of drug-likeness (QED) is 0.514. The van der Waals surface area contributed by atoms with Gasteiger partial charge in [0.15, 0.2) is 0 Å². The average Bonchev–Trinajstić information content (AvgIpc) is 2.45. The monoisotopic (exact) mass is 331 g/mol. The zero-order valence-electron chi connectivity index (χ0n) is 11.7. The summed E-state index contributed by atoms with van der Waals surface area (Å²) in [6, 6.07) is 3.44. The van der Waals surface area contributed by atoms with Gasteiger partial charge in [0.05, 0.1) is 18.2 Å². The maximum absolute atomic E-state index is 13.8. The molecule has 2 N–H and O–H groups in total. The highest BCUT2D eigenvalue weighted by Crippen LogP contribution is 2.40. The SMILES string of the molecule is COC(=O)c1cc(C(F)(F)F)c(-c2ccc(F)cc2F)cc1N. The van der Waals surface area contributed by atoms with Gasteiger partial charge in [-0.15, -0.1) is 0 Å². The van der Waals surface area contributed by atoms with Crippen molar-refractivity contribution in [3.05, 3.63) is 53.1 Å². The molecule has 3 nitrogen and oxygen atoms in total. The standard InChI is InChI=1S/C15H10F5NO2/c1-23-14(22)10-5-11(15(18,19)20)9(6-13(10)21)8-3-2-7(16)4-12(8)17/h2-6H,21H2,1H3. The van der Waals surface area contributed by atoms with Crippen molar-refractivity contribution in [1.82, 2.24) is 0 Å². The number of halogens is 5. The van der Waals surface area contributed by atoms with E-state index in [-0.39, 0.29) is 5.69 Å². The summed E-state index contributed by atoms with van der Waals surface area (Å²) in [5.74, 6) is -3.17. The number of alkyl halides is 3. The van der Waals surface area contributed by atoms with Crippen LogP contribution in [0.5, 0.6) is 0 Å². The Bertz CT molecular complexity index is 771. The van der Waals surface area contributed by atoms with Crippen LogP contribution < -0.4 is 5.73 Å². The van der Waals surface area contributed by atoms with E-state index in [1.807, 2.05) is 0 Å². The van der Waals surface area contributed by atoms with Crippen molar-refractivity contribution >= 4 is 11.7 Å². The van der Waals surface area contributed by atoms with E-state index in [0.29, 0.717) is 12.1 Å². The summed E-state index contributed by atoms with van der Waals surface area (Å²) in [6.45, 7) is 0. The van der Waals surface area contributed by atoms with E-state index in [9.17, 15) is 26.7 Å². The summed E-state index contributed by atoms with van der Waals surface area (Å²) >= 11 is 0. The van der Waals surface area contributed by atoms with Crippen molar-refractivity contribution in [3.63, 3.8) is 0 Å². The third-order valence-corrected chi connectivity index (χ3v) is 3.12. The van der Waals surface area contributed by atoms with Gasteiger partial charge in [0.2, 0.25) is 0 Å². The number of nitrogens with two attached hydrogens (primary N) is 1. The summed E-state index contributed by atoms with van der Waals surface area (Å²) in [7, 11) is 0.989. The Labute approximate surface area is 127 Å². The number of methoxy groups -OCH3 is 1. The normalized spacial score (nSPS) is 11.4. The molecule has 0 fully saturated rings. The molecule has 0 radical (unpaired) electrons. The van der Waals surface area contributed by atoms with E-state index in [0.717, 1.165) is 25.3 Å². The lowest BCUT2D eigenvalue weighted by atomic mass is 9.95. The lowest BCUT2D eigenvalue weighted by molar-refractivity contribution is -0.137. The molecule has 8 heteroatoms. The van der Waals surface area contributed by atoms with E-state index < -0.39 is 46.0 Å². The lowest BCUT2D eigenvalue weighted by Gasteiger charge is -2.16. The second-order valence-electron chi connectivity index (χ2n) is 4.60. The van der Waals surface area contributed by atoms with E-state index in [2.05, 4.69) is 4.74 Å². The van der Waals surface area contributed by atoms with Gasteiger partial charge in [0.1, 0.15) is 11.6 Å².